The first-order valence-corrected chi connectivity index (χ1v) is 11.1. The molecule has 7 nitrogen and oxygen atoms in total. The number of nitrogens with one attached hydrogen (secondary N) is 1. The molecule has 1 aromatic carbocycles. The number of hydrogen-bond donors (Lipinski definition) is 2. The maximum atomic E-state index is 13.7. The van der Waals surface area contributed by atoms with Crippen LogP contribution in [0, 0.1) is 5.82 Å². The Kier molecular flexibility index (Phi) is 5.03. The normalized spacial score (nSPS) is 16.5. The molecule has 1 amide bonds. The minimum atomic E-state index is -0.509. The van der Waals surface area contributed by atoms with Gasteiger partial charge in [0.15, 0.2) is 0 Å². The highest BCUT2D eigenvalue weighted by atomic mass is 79.9. The summed E-state index contributed by atoms with van der Waals surface area (Å²) in [5.41, 5.74) is 8.99. The minimum absolute atomic E-state index is 0.266. The molecule has 5 rings (SSSR count). The lowest BCUT2D eigenvalue weighted by molar-refractivity contribution is -0.127. The van der Waals surface area contributed by atoms with E-state index < -0.39 is 6.04 Å². The average Bonchev–Trinajstić information content (AvgIpc) is 3.39. The Hall–Kier alpha value is -3.11. The molecule has 10 heteroatoms. The molecule has 1 aliphatic rings. The van der Waals surface area contributed by atoms with E-state index in [9.17, 15) is 9.18 Å². The van der Waals surface area contributed by atoms with E-state index in [0.717, 1.165) is 11.4 Å². The van der Waals surface area contributed by atoms with Crippen LogP contribution in [0.25, 0.3) is 15.8 Å². The van der Waals surface area contributed by atoms with Crippen LogP contribution in [-0.2, 0) is 11.2 Å². The average molecular weight is 499 g/mol. The molecule has 0 spiro atoms. The van der Waals surface area contributed by atoms with Crippen molar-refractivity contribution in [2.24, 2.45) is 5.73 Å². The van der Waals surface area contributed by atoms with Crippen LogP contribution in [-0.4, -0.2) is 37.3 Å². The van der Waals surface area contributed by atoms with Gasteiger partial charge in [0.25, 0.3) is 5.91 Å². The number of thiazole rings is 1. The van der Waals surface area contributed by atoms with E-state index in [4.69, 9.17) is 10.7 Å². The summed E-state index contributed by atoms with van der Waals surface area (Å²) in [6, 6.07) is 9.28. The van der Waals surface area contributed by atoms with Crippen LogP contribution >= 0.6 is 27.3 Å². The fourth-order valence-corrected chi connectivity index (χ4v) is 5.21. The summed E-state index contributed by atoms with van der Waals surface area (Å²) >= 11 is 4.69. The number of aromatic nitrogens is 4. The third-order valence-electron chi connectivity index (χ3n) is 5.17. The summed E-state index contributed by atoms with van der Waals surface area (Å²) in [4.78, 5) is 32.0. The first-order valence-electron chi connectivity index (χ1n) is 9.49. The van der Waals surface area contributed by atoms with Crippen LogP contribution in [0.5, 0.6) is 0 Å². The Bertz CT molecular complexity index is 1330. The van der Waals surface area contributed by atoms with Crippen LogP contribution in [0.15, 0.2) is 53.5 Å². The van der Waals surface area contributed by atoms with Crippen molar-refractivity contribution in [1.82, 2.24) is 24.8 Å². The van der Waals surface area contributed by atoms with Crippen LogP contribution in [0.1, 0.15) is 28.1 Å². The molecule has 1 atom stereocenters. The Morgan fingerprint density at radius 1 is 1.32 bits per heavy atom. The van der Waals surface area contributed by atoms with Crippen LogP contribution in [0.4, 0.5) is 4.39 Å². The molecule has 1 aliphatic heterocycles. The van der Waals surface area contributed by atoms with Gasteiger partial charge >= 0.3 is 0 Å². The Morgan fingerprint density at radius 3 is 3.00 bits per heavy atom. The second kappa shape index (κ2) is 7.86. The zero-order chi connectivity index (χ0) is 21.5. The van der Waals surface area contributed by atoms with Gasteiger partial charge < -0.3 is 15.6 Å². The number of pyridine rings is 1. The molecule has 31 heavy (non-hydrogen) atoms. The molecular formula is C21H16BrFN6OS. The lowest BCUT2D eigenvalue weighted by Crippen LogP contribution is -2.41. The van der Waals surface area contributed by atoms with Gasteiger partial charge in [0, 0.05) is 24.9 Å². The van der Waals surface area contributed by atoms with Gasteiger partial charge in [-0.05, 0) is 46.3 Å². The van der Waals surface area contributed by atoms with Crippen molar-refractivity contribution in [2.45, 2.75) is 12.5 Å². The zero-order valence-electron chi connectivity index (χ0n) is 16.0. The van der Waals surface area contributed by atoms with Gasteiger partial charge in [-0.15, -0.1) is 11.3 Å². The van der Waals surface area contributed by atoms with Crippen molar-refractivity contribution in [1.29, 1.82) is 0 Å². The van der Waals surface area contributed by atoms with Gasteiger partial charge in [-0.3, -0.25) is 4.79 Å². The molecule has 156 valence electrons. The fraction of sp³-hybridized carbons (Fsp3) is 0.143. The highest BCUT2D eigenvalue weighted by molar-refractivity contribution is 9.10. The quantitative estimate of drug-likeness (QED) is 0.330. The summed E-state index contributed by atoms with van der Waals surface area (Å²) in [6.07, 6.45) is 3.52. The molecule has 0 radical (unpaired) electrons. The van der Waals surface area contributed by atoms with E-state index in [1.165, 1.54) is 29.7 Å². The summed E-state index contributed by atoms with van der Waals surface area (Å²) in [6.45, 7) is 0.453. The van der Waals surface area contributed by atoms with Crippen LogP contribution < -0.4 is 5.73 Å². The van der Waals surface area contributed by atoms with Gasteiger partial charge in [-0.2, -0.15) is 0 Å². The summed E-state index contributed by atoms with van der Waals surface area (Å²) < 4.78 is 15.0. The topological polar surface area (TPSA) is 101 Å². The molecule has 0 saturated carbocycles. The fourth-order valence-electron chi connectivity index (χ4n) is 3.76. The second-order valence-corrected chi connectivity index (χ2v) is 8.88. The largest absolute Gasteiger partial charge is 0.404 e. The number of halogens is 2. The van der Waals surface area contributed by atoms with Crippen LogP contribution in [0.2, 0.25) is 0 Å². The molecule has 0 fully saturated rings. The molecule has 4 heterocycles. The standard InChI is InChI=1S/C21H16BrFN6OS/c22-17-3-1-2-13(27-17)12(9-24)21(30)29-7-6-15-18(26-10-25-15)19(29)20-28-14-5-4-11(23)8-16(14)31-20/h1-5,8-10,19H,6-7,24H2,(H,25,26)/t19-/m0/s1. The number of hydrogen-bond acceptors (Lipinski definition) is 6. The minimum Gasteiger partial charge on any atom is -0.404 e. The van der Waals surface area contributed by atoms with Crippen molar-refractivity contribution in [3.05, 3.63) is 81.4 Å². The van der Waals surface area contributed by atoms with Gasteiger partial charge in [0.1, 0.15) is 21.5 Å². The Balaban J connectivity index is 1.60. The molecule has 0 saturated heterocycles. The predicted octanol–water partition coefficient (Wildman–Crippen LogP) is 3.79. The van der Waals surface area contributed by atoms with Crippen LogP contribution in [0.3, 0.4) is 0 Å². The third kappa shape index (κ3) is 3.51. The number of imidazole rings is 1. The third-order valence-corrected chi connectivity index (χ3v) is 6.69. The highest BCUT2D eigenvalue weighted by Gasteiger charge is 2.37. The number of nitrogens with two attached hydrogens (primary N) is 1. The van der Waals surface area contributed by atoms with Crippen molar-refractivity contribution >= 4 is 49.0 Å². The zero-order valence-corrected chi connectivity index (χ0v) is 18.5. The van der Waals surface area contributed by atoms with Gasteiger partial charge in [-0.25, -0.2) is 19.3 Å². The summed E-state index contributed by atoms with van der Waals surface area (Å²) in [5, 5.41) is 0.667. The van der Waals surface area contributed by atoms with E-state index in [1.807, 2.05) is 0 Å². The maximum Gasteiger partial charge on any atom is 0.258 e. The van der Waals surface area contributed by atoms with Crippen molar-refractivity contribution in [3.8, 4) is 0 Å². The molecule has 0 bridgehead atoms. The SMILES string of the molecule is NC=C(C(=O)N1CCc2[nH]cnc2[C@H]1c1nc2ccc(F)cc2s1)c1cccc(Br)n1. The number of fused-ring (bicyclic) bond motifs is 2. The molecule has 0 aliphatic carbocycles. The molecule has 3 N–H and O–H groups in total. The molecule has 0 unspecified atom stereocenters. The lowest BCUT2D eigenvalue weighted by Gasteiger charge is -2.34. The number of amides is 1. The second-order valence-electron chi connectivity index (χ2n) is 7.01. The van der Waals surface area contributed by atoms with Gasteiger partial charge in [-0.1, -0.05) is 6.07 Å². The van der Waals surface area contributed by atoms with Crippen molar-refractivity contribution in [3.63, 3.8) is 0 Å². The van der Waals surface area contributed by atoms with E-state index in [2.05, 4.69) is 30.9 Å². The van der Waals surface area contributed by atoms with Crippen molar-refractivity contribution in [2.75, 3.05) is 6.54 Å². The van der Waals surface area contributed by atoms with Gasteiger partial charge in [0.2, 0.25) is 0 Å². The predicted molar refractivity (Wildman–Crippen MR) is 120 cm³/mol. The number of carbonyl (C=O) groups is 1. The molecule has 4 aromatic rings. The Morgan fingerprint density at radius 2 is 2.19 bits per heavy atom. The van der Waals surface area contributed by atoms with Gasteiger partial charge in [0.05, 0.1) is 33.5 Å². The monoisotopic (exact) mass is 498 g/mol. The molecular weight excluding hydrogens is 483 g/mol. The number of rotatable bonds is 3. The number of carbonyl (C=O) groups excluding carboxylic acids is 1. The van der Waals surface area contributed by atoms with E-state index >= 15 is 0 Å². The number of H-pyrrole nitrogens is 1. The number of benzene rings is 1. The van der Waals surface area contributed by atoms with Crippen molar-refractivity contribution < 1.29 is 9.18 Å². The summed E-state index contributed by atoms with van der Waals surface area (Å²) in [7, 11) is 0. The smallest absolute Gasteiger partial charge is 0.258 e. The number of nitrogens with zero attached hydrogens (tertiary/aromatic N) is 4. The first kappa shape index (κ1) is 19.8. The lowest BCUT2D eigenvalue weighted by atomic mass is 10.0. The van der Waals surface area contributed by atoms with E-state index in [0.29, 0.717) is 38.5 Å². The molecule has 3 aromatic heterocycles. The van der Waals surface area contributed by atoms with E-state index in [-0.39, 0.29) is 17.3 Å². The highest BCUT2D eigenvalue weighted by Crippen LogP contribution is 2.38. The van der Waals surface area contributed by atoms with E-state index in [1.54, 1.807) is 35.5 Å². The Labute approximate surface area is 189 Å². The summed E-state index contributed by atoms with van der Waals surface area (Å²) in [5.74, 6) is -0.592. The maximum absolute atomic E-state index is 13.7. The number of aromatic amines is 1. The first-order chi connectivity index (χ1) is 15.0.